The molecule has 4 nitrogen and oxygen atoms in total. The van der Waals surface area contributed by atoms with Gasteiger partial charge in [0.1, 0.15) is 17.5 Å². The van der Waals surface area contributed by atoms with Crippen LogP contribution in [0, 0.1) is 0 Å². The lowest BCUT2D eigenvalue weighted by molar-refractivity contribution is 0.658. The van der Waals surface area contributed by atoms with Crippen molar-refractivity contribution in [2.75, 3.05) is 19.0 Å². The summed E-state index contributed by atoms with van der Waals surface area (Å²) in [4.78, 5) is 11.2. The first kappa shape index (κ1) is 17.7. The Kier molecular flexibility index (Phi) is 4.02. The lowest BCUT2D eigenvalue weighted by atomic mass is 9.99. The Morgan fingerprint density at radius 1 is 0.828 bits per heavy atom. The molecule has 0 N–H and O–H groups in total. The largest absolute Gasteiger partial charge is 0.455 e. The number of fused-ring (bicyclic) bond motifs is 4. The highest BCUT2D eigenvalue weighted by atomic mass is 16.3. The van der Waals surface area contributed by atoms with Gasteiger partial charge in [-0.05, 0) is 35.7 Å². The number of benzene rings is 3. The Balaban J connectivity index is 1.82. The number of hydrogen-bond donors (Lipinski definition) is 0. The molecule has 0 amide bonds. The van der Waals surface area contributed by atoms with Gasteiger partial charge >= 0.3 is 0 Å². The van der Waals surface area contributed by atoms with Crippen molar-refractivity contribution in [3.8, 4) is 11.3 Å². The predicted molar refractivity (Wildman–Crippen MR) is 121 cm³/mol. The van der Waals surface area contributed by atoms with Crippen LogP contribution in [0.5, 0.6) is 0 Å². The highest BCUT2D eigenvalue weighted by Crippen LogP contribution is 2.39. The fourth-order valence-electron chi connectivity index (χ4n) is 4.02. The number of para-hydroxylation sites is 2. The van der Waals surface area contributed by atoms with Gasteiger partial charge in [-0.1, -0.05) is 44.2 Å². The molecule has 5 rings (SSSR count). The molecule has 0 spiro atoms. The highest BCUT2D eigenvalue weighted by molar-refractivity contribution is 6.12. The predicted octanol–water partition coefficient (Wildman–Crippen LogP) is 6.39. The normalized spacial score (nSPS) is 11.8. The Labute approximate surface area is 169 Å². The first-order valence-corrected chi connectivity index (χ1v) is 9.91. The zero-order chi connectivity index (χ0) is 20.1. The van der Waals surface area contributed by atoms with Crippen molar-refractivity contribution < 1.29 is 4.42 Å². The van der Waals surface area contributed by atoms with E-state index in [1.165, 1.54) is 5.56 Å². The monoisotopic (exact) mass is 381 g/mol. The lowest BCUT2D eigenvalue weighted by Gasteiger charge is -2.13. The molecule has 0 aliphatic carbocycles. The fraction of sp³-hybridized carbons (Fsp3) is 0.200. The van der Waals surface area contributed by atoms with Gasteiger partial charge in [-0.2, -0.15) is 0 Å². The fourth-order valence-corrected chi connectivity index (χ4v) is 4.02. The van der Waals surface area contributed by atoms with Gasteiger partial charge in [-0.15, -0.1) is 0 Å². The van der Waals surface area contributed by atoms with Gasteiger partial charge in [-0.25, -0.2) is 9.97 Å². The van der Waals surface area contributed by atoms with Crippen molar-refractivity contribution in [1.82, 2.24) is 9.97 Å². The molecule has 4 heteroatoms. The molecule has 2 aromatic heterocycles. The van der Waals surface area contributed by atoms with Crippen molar-refractivity contribution in [3.05, 3.63) is 66.5 Å². The summed E-state index contributed by atoms with van der Waals surface area (Å²) in [6.07, 6.45) is 1.64. The molecule has 0 unspecified atom stereocenters. The lowest BCUT2D eigenvalue weighted by Crippen LogP contribution is -2.08. The Hall–Kier alpha value is -3.40. The van der Waals surface area contributed by atoms with Gasteiger partial charge in [0, 0.05) is 41.5 Å². The summed E-state index contributed by atoms with van der Waals surface area (Å²) in [7, 11) is 4.06. The molecule has 0 radical (unpaired) electrons. The average molecular weight is 381 g/mol. The van der Waals surface area contributed by atoms with E-state index in [1.807, 2.05) is 14.1 Å². The summed E-state index contributed by atoms with van der Waals surface area (Å²) in [5.74, 6) is 0.395. The second-order valence-corrected chi connectivity index (χ2v) is 7.98. The van der Waals surface area contributed by atoms with Crippen LogP contribution in [0.2, 0.25) is 0 Å². The molecule has 0 saturated carbocycles. The minimum Gasteiger partial charge on any atom is -0.455 e. The summed E-state index contributed by atoms with van der Waals surface area (Å²) in [6, 6.07) is 19.0. The molecule has 5 aromatic rings. The number of hydrogen-bond acceptors (Lipinski definition) is 4. The van der Waals surface area contributed by atoms with E-state index >= 15 is 0 Å². The van der Waals surface area contributed by atoms with E-state index < -0.39 is 0 Å². The maximum absolute atomic E-state index is 6.47. The second kappa shape index (κ2) is 6.59. The molecule has 0 aliphatic heterocycles. The van der Waals surface area contributed by atoms with Gasteiger partial charge in [0.15, 0.2) is 0 Å². The number of nitrogens with zero attached hydrogens (tertiary/aromatic N) is 3. The number of anilines is 1. The maximum Gasteiger partial charge on any atom is 0.144 e. The van der Waals surface area contributed by atoms with Crippen molar-refractivity contribution in [1.29, 1.82) is 0 Å². The van der Waals surface area contributed by atoms with E-state index in [0.29, 0.717) is 5.92 Å². The number of furan rings is 1. The van der Waals surface area contributed by atoms with Gasteiger partial charge < -0.3 is 9.32 Å². The van der Waals surface area contributed by atoms with E-state index in [4.69, 9.17) is 4.42 Å². The van der Waals surface area contributed by atoms with E-state index in [9.17, 15) is 0 Å². The third-order valence-electron chi connectivity index (χ3n) is 5.57. The molecule has 0 atom stereocenters. The molecule has 0 saturated heterocycles. The molecule has 29 heavy (non-hydrogen) atoms. The molecule has 0 bridgehead atoms. The summed E-state index contributed by atoms with van der Waals surface area (Å²) in [5, 5.41) is 3.30. The van der Waals surface area contributed by atoms with Crippen LogP contribution >= 0.6 is 0 Å². The van der Waals surface area contributed by atoms with E-state index in [-0.39, 0.29) is 0 Å². The quantitative estimate of drug-likeness (QED) is 0.363. The molecule has 144 valence electrons. The summed E-state index contributed by atoms with van der Waals surface area (Å²) in [5.41, 5.74) is 7.02. The van der Waals surface area contributed by atoms with Crippen LogP contribution in [0.25, 0.3) is 44.1 Å². The van der Waals surface area contributed by atoms with Crippen LogP contribution in [-0.4, -0.2) is 24.1 Å². The highest BCUT2D eigenvalue weighted by Gasteiger charge is 2.18. The van der Waals surface area contributed by atoms with E-state index in [2.05, 4.69) is 83.3 Å². The van der Waals surface area contributed by atoms with Crippen molar-refractivity contribution in [3.63, 3.8) is 0 Å². The van der Waals surface area contributed by atoms with Gasteiger partial charge in [0.2, 0.25) is 0 Å². The van der Waals surface area contributed by atoms with Crippen LogP contribution in [0.1, 0.15) is 25.3 Å². The molecule has 2 heterocycles. The number of rotatable bonds is 3. The van der Waals surface area contributed by atoms with Crippen molar-refractivity contribution >= 4 is 38.5 Å². The average Bonchev–Trinajstić information content (AvgIpc) is 3.11. The van der Waals surface area contributed by atoms with Crippen LogP contribution in [0.4, 0.5) is 5.69 Å². The standard InChI is InChI=1S/C25H23N3O/c1-15(2)17-7-5-8-18-19-9-6-10-21(25(19)29-24(17)18)23-20-12-11-16(28(3)4)13-22(20)26-14-27-23/h5-15H,1-4H3. The molecule has 0 fully saturated rings. The van der Waals surface area contributed by atoms with Crippen LogP contribution in [0.3, 0.4) is 0 Å². The van der Waals surface area contributed by atoms with Gasteiger partial charge in [0.05, 0.1) is 11.2 Å². The van der Waals surface area contributed by atoms with Crippen LogP contribution in [0.15, 0.2) is 65.3 Å². The minimum atomic E-state index is 0.395. The topological polar surface area (TPSA) is 42.2 Å². The molecular weight excluding hydrogens is 358 g/mol. The first-order valence-electron chi connectivity index (χ1n) is 9.91. The third-order valence-corrected chi connectivity index (χ3v) is 5.57. The molecular formula is C25H23N3O. The summed E-state index contributed by atoms with van der Waals surface area (Å²) < 4.78 is 6.47. The Morgan fingerprint density at radius 2 is 1.59 bits per heavy atom. The summed E-state index contributed by atoms with van der Waals surface area (Å²) >= 11 is 0. The zero-order valence-corrected chi connectivity index (χ0v) is 17.1. The van der Waals surface area contributed by atoms with Gasteiger partial charge in [-0.3, -0.25) is 0 Å². The molecule has 3 aromatic carbocycles. The first-order chi connectivity index (χ1) is 14.0. The van der Waals surface area contributed by atoms with E-state index in [1.54, 1.807) is 6.33 Å². The zero-order valence-electron chi connectivity index (χ0n) is 17.1. The third kappa shape index (κ3) is 2.75. The SMILES string of the molecule is CC(C)c1cccc2c1oc1c(-c3ncnc4cc(N(C)C)ccc34)cccc12. The van der Waals surface area contributed by atoms with Crippen LogP contribution in [-0.2, 0) is 0 Å². The van der Waals surface area contributed by atoms with Crippen molar-refractivity contribution in [2.24, 2.45) is 0 Å². The maximum atomic E-state index is 6.47. The summed E-state index contributed by atoms with van der Waals surface area (Å²) in [6.45, 7) is 4.40. The Morgan fingerprint density at radius 3 is 2.34 bits per heavy atom. The van der Waals surface area contributed by atoms with Gasteiger partial charge in [0.25, 0.3) is 0 Å². The smallest absolute Gasteiger partial charge is 0.144 e. The number of aromatic nitrogens is 2. The van der Waals surface area contributed by atoms with E-state index in [0.717, 1.165) is 49.8 Å². The second-order valence-electron chi connectivity index (χ2n) is 7.98. The molecule has 0 aliphatic rings. The minimum absolute atomic E-state index is 0.395. The Bertz CT molecular complexity index is 1370. The van der Waals surface area contributed by atoms with Crippen molar-refractivity contribution in [2.45, 2.75) is 19.8 Å². The van der Waals surface area contributed by atoms with Crippen LogP contribution < -0.4 is 4.90 Å².